The molecule has 0 aromatic carbocycles. The lowest BCUT2D eigenvalue weighted by atomic mass is 9.73. The molecule has 2 N–H and O–H groups in total. The summed E-state index contributed by atoms with van der Waals surface area (Å²) in [7, 11) is -1.05. The topological polar surface area (TPSA) is 59.0 Å². The predicted molar refractivity (Wildman–Crippen MR) is 92.6 cm³/mol. The van der Waals surface area contributed by atoms with Crippen molar-refractivity contribution in [1.82, 2.24) is 19.8 Å². The molecule has 4 rings (SSSR count). The maximum atomic E-state index is 12.8. The standard InChI is InChI=1S/C17H28N4OS/c1-16(2,3)23(22)20-15-14-12-5-4-6-13(12)19-21(14)11-17(15)7-9-18-10-8-17/h15,18,20H,4-11H2,1-3H3/t15-,23+/m1/s1. The zero-order valence-corrected chi connectivity index (χ0v) is 15.3. The van der Waals surface area contributed by atoms with Crippen LogP contribution in [0.3, 0.4) is 0 Å². The molecule has 0 saturated carbocycles. The highest BCUT2D eigenvalue weighted by atomic mass is 32.2. The number of fused-ring (bicyclic) bond motifs is 3. The van der Waals surface area contributed by atoms with Gasteiger partial charge in [0.2, 0.25) is 0 Å². The third-order valence-corrected chi connectivity index (χ3v) is 7.31. The molecule has 128 valence electrons. The molecule has 3 aliphatic rings. The minimum atomic E-state index is -1.05. The van der Waals surface area contributed by atoms with Crippen LogP contribution in [0, 0.1) is 5.41 Å². The Morgan fingerprint density at radius 2 is 2.04 bits per heavy atom. The summed E-state index contributed by atoms with van der Waals surface area (Å²) in [5, 5.41) is 8.38. The first kappa shape index (κ1) is 15.8. The number of hydrogen-bond donors (Lipinski definition) is 2. The third kappa shape index (κ3) is 2.50. The van der Waals surface area contributed by atoms with Gasteiger partial charge in [-0.1, -0.05) is 0 Å². The van der Waals surface area contributed by atoms with Crippen molar-refractivity contribution in [3.8, 4) is 0 Å². The SMILES string of the molecule is CC(C)(C)[S@](=O)N[C@@H]1c2c3c(nn2CC12CCNCC2)CCC3. The molecule has 0 radical (unpaired) electrons. The van der Waals surface area contributed by atoms with Gasteiger partial charge in [0.05, 0.1) is 33.2 Å². The van der Waals surface area contributed by atoms with E-state index in [0.717, 1.165) is 45.3 Å². The Morgan fingerprint density at radius 3 is 2.74 bits per heavy atom. The molecule has 1 spiro atoms. The molecule has 0 unspecified atom stereocenters. The number of rotatable bonds is 2. The van der Waals surface area contributed by atoms with Gasteiger partial charge in [0.25, 0.3) is 0 Å². The zero-order valence-electron chi connectivity index (χ0n) is 14.4. The predicted octanol–water partition coefficient (Wildman–Crippen LogP) is 1.85. The second-order valence-electron chi connectivity index (χ2n) is 8.37. The van der Waals surface area contributed by atoms with Gasteiger partial charge in [-0.15, -0.1) is 0 Å². The molecule has 1 aromatic rings. The minimum Gasteiger partial charge on any atom is -0.317 e. The van der Waals surface area contributed by atoms with Crippen molar-refractivity contribution in [3.63, 3.8) is 0 Å². The van der Waals surface area contributed by atoms with E-state index in [1.54, 1.807) is 0 Å². The van der Waals surface area contributed by atoms with E-state index in [0.29, 0.717) is 0 Å². The number of hydrogen-bond acceptors (Lipinski definition) is 3. The smallest absolute Gasteiger partial charge is 0.0976 e. The molecule has 3 heterocycles. The van der Waals surface area contributed by atoms with Gasteiger partial charge in [0.1, 0.15) is 0 Å². The van der Waals surface area contributed by atoms with Crippen LogP contribution in [0.15, 0.2) is 0 Å². The summed E-state index contributed by atoms with van der Waals surface area (Å²) in [5.41, 5.74) is 4.25. The fraction of sp³-hybridized carbons (Fsp3) is 0.824. The molecule has 1 fully saturated rings. The van der Waals surface area contributed by atoms with E-state index in [4.69, 9.17) is 5.10 Å². The highest BCUT2D eigenvalue weighted by Crippen LogP contribution is 2.50. The van der Waals surface area contributed by atoms with Crippen LogP contribution in [-0.4, -0.2) is 31.8 Å². The first-order chi connectivity index (χ1) is 10.9. The molecule has 6 heteroatoms. The van der Waals surface area contributed by atoms with Crippen LogP contribution in [0.25, 0.3) is 0 Å². The van der Waals surface area contributed by atoms with Crippen molar-refractivity contribution in [1.29, 1.82) is 0 Å². The Bertz CT molecular complexity index is 640. The van der Waals surface area contributed by atoms with Crippen molar-refractivity contribution in [2.75, 3.05) is 13.1 Å². The van der Waals surface area contributed by atoms with Crippen molar-refractivity contribution in [2.45, 2.75) is 70.2 Å². The first-order valence-corrected chi connectivity index (χ1v) is 10.0. The maximum absolute atomic E-state index is 12.8. The second-order valence-corrected chi connectivity index (χ2v) is 10.4. The lowest BCUT2D eigenvalue weighted by Crippen LogP contribution is -2.46. The van der Waals surface area contributed by atoms with Gasteiger partial charge in [-0.25, -0.2) is 8.93 Å². The molecule has 0 amide bonds. The highest BCUT2D eigenvalue weighted by Gasteiger charge is 2.50. The molecule has 0 bridgehead atoms. The summed E-state index contributed by atoms with van der Waals surface area (Å²) in [6, 6.07) is 0.180. The quantitative estimate of drug-likeness (QED) is 0.866. The molecule has 1 aliphatic carbocycles. The first-order valence-electron chi connectivity index (χ1n) is 8.88. The molecule has 2 aliphatic heterocycles. The molecule has 5 nitrogen and oxygen atoms in total. The Morgan fingerprint density at radius 1 is 1.30 bits per heavy atom. The van der Waals surface area contributed by atoms with Gasteiger partial charge in [0, 0.05) is 12.0 Å². The van der Waals surface area contributed by atoms with Gasteiger partial charge < -0.3 is 5.32 Å². The van der Waals surface area contributed by atoms with E-state index < -0.39 is 11.0 Å². The number of nitrogens with one attached hydrogen (secondary N) is 2. The lowest BCUT2D eigenvalue weighted by molar-refractivity contribution is 0.149. The van der Waals surface area contributed by atoms with Crippen LogP contribution >= 0.6 is 0 Å². The van der Waals surface area contributed by atoms with Crippen LogP contribution in [0.4, 0.5) is 0 Å². The normalized spacial score (nSPS) is 27.2. The average Bonchev–Trinajstić information content (AvgIpc) is 3.11. The summed E-state index contributed by atoms with van der Waals surface area (Å²) >= 11 is 0. The van der Waals surface area contributed by atoms with Crippen LogP contribution in [-0.2, 0) is 30.4 Å². The van der Waals surface area contributed by atoms with Crippen molar-refractivity contribution in [3.05, 3.63) is 17.0 Å². The van der Waals surface area contributed by atoms with Gasteiger partial charge in [-0.3, -0.25) is 4.68 Å². The summed E-state index contributed by atoms with van der Waals surface area (Å²) in [4.78, 5) is 0. The van der Waals surface area contributed by atoms with E-state index >= 15 is 0 Å². The molecule has 2 atom stereocenters. The monoisotopic (exact) mass is 336 g/mol. The minimum absolute atomic E-state index is 0.173. The molecular weight excluding hydrogens is 308 g/mol. The van der Waals surface area contributed by atoms with E-state index in [-0.39, 0.29) is 16.2 Å². The van der Waals surface area contributed by atoms with E-state index in [1.807, 2.05) is 20.8 Å². The lowest BCUT2D eigenvalue weighted by Gasteiger charge is -2.39. The van der Waals surface area contributed by atoms with E-state index in [2.05, 4.69) is 14.7 Å². The van der Waals surface area contributed by atoms with Crippen LogP contribution in [0.1, 0.15) is 63.0 Å². The van der Waals surface area contributed by atoms with Gasteiger partial charge in [-0.05, 0) is 71.5 Å². The Hall–Kier alpha value is -0.720. The Labute approximate surface area is 141 Å². The van der Waals surface area contributed by atoms with E-state index in [9.17, 15) is 4.21 Å². The fourth-order valence-corrected chi connectivity index (χ4v) is 5.36. The largest absolute Gasteiger partial charge is 0.317 e. The van der Waals surface area contributed by atoms with E-state index in [1.165, 1.54) is 23.4 Å². The summed E-state index contributed by atoms with van der Waals surface area (Å²) < 4.78 is 18.4. The molecular formula is C17H28N4OS. The fourth-order valence-electron chi connectivity index (χ4n) is 4.43. The summed E-state index contributed by atoms with van der Waals surface area (Å²) in [6.07, 6.45) is 5.72. The number of aromatic nitrogens is 2. The second kappa shape index (κ2) is 5.39. The summed E-state index contributed by atoms with van der Waals surface area (Å²) in [5.74, 6) is 0. The number of piperidine rings is 1. The van der Waals surface area contributed by atoms with Crippen molar-refractivity contribution >= 4 is 11.0 Å². The number of aryl methyl sites for hydroxylation is 1. The van der Waals surface area contributed by atoms with Crippen LogP contribution in [0.2, 0.25) is 0 Å². The van der Waals surface area contributed by atoms with Crippen LogP contribution < -0.4 is 10.0 Å². The maximum Gasteiger partial charge on any atom is 0.0976 e. The summed E-state index contributed by atoms with van der Waals surface area (Å²) in [6.45, 7) is 9.21. The van der Waals surface area contributed by atoms with Crippen molar-refractivity contribution in [2.24, 2.45) is 5.41 Å². The van der Waals surface area contributed by atoms with Gasteiger partial charge >= 0.3 is 0 Å². The molecule has 1 aromatic heterocycles. The Balaban J connectivity index is 1.73. The van der Waals surface area contributed by atoms with Crippen LogP contribution in [0.5, 0.6) is 0 Å². The molecule has 23 heavy (non-hydrogen) atoms. The zero-order chi connectivity index (χ0) is 16.2. The van der Waals surface area contributed by atoms with Gasteiger partial charge in [0.15, 0.2) is 0 Å². The average molecular weight is 337 g/mol. The van der Waals surface area contributed by atoms with Crippen molar-refractivity contribution < 1.29 is 4.21 Å². The third-order valence-electron chi connectivity index (χ3n) is 5.75. The Kier molecular flexibility index (Phi) is 3.70. The highest BCUT2D eigenvalue weighted by molar-refractivity contribution is 7.84. The van der Waals surface area contributed by atoms with Gasteiger partial charge in [-0.2, -0.15) is 5.10 Å². The molecule has 1 saturated heterocycles. The number of nitrogens with zero attached hydrogens (tertiary/aromatic N) is 2.